The number of carbonyl (C=O) groups is 1. The van der Waals surface area contributed by atoms with Gasteiger partial charge >= 0.3 is 5.97 Å². The number of hydrogen-bond donors (Lipinski definition) is 1. The first-order valence-electron chi connectivity index (χ1n) is 9.79. The summed E-state index contributed by atoms with van der Waals surface area (Å²) in [6.07, 6.45) is 0.912. The van der Waals surface area contributed by atoms with Crippen LogP contribution in [0.3, 0.4) is 0 Å². The number of fused-ring (bicyclic) bond motifs is 1. The highest BCUT2D eigenvalue weighted by atomic mass is 32.1. The molecule has 0 saturated heterocycles. The normalized spacial score (nSPS) is 14.8. The molecular weight excluding hydrogens is 402 g/mol. The molecule has 1 aromatic carbocycles. The summed E-state index contributed by atoms with van der Waals surface area (Å²) in [4.78, 5) is 26.7. The number of aromatic hydroxyl groups is 1. The van der Waals surface area contributed by atoms with Crippen molar-refractivity contribution in [2.24, 2.45) is 0 Å². The number of benzene rings is 1. The largest absolute Gasteiger partial charge is 0.502 e. The van der Waals surface area contributed by atoms with Gasteiger partial charge in [-0.2, -0.15) is 11.3 Å². The molecule has 0 fully saturated rings. The Morgan fingerprint density at radius 1 is 1.30 bits per heavy atom. The van der Waals surface area contributed by atoms with Gasteiger partial charge in [0.1, 0.15) is 5.76 Å². The number of ether oxygens (including phenoxy) is 1. The monoisotopic (exact) mass is 425 g/mol. The number of thiophene rings is 1. The Balaban J connectivity index is 1.63. The molecule has 0 bridgehead atoms. The smallest absolute Gasteiger partial charge is 0.306 e. The minimum atomic E-state index is -0.585. The van der Waals surface area contributed by atoms with Gasteiger partial charge in [0.2, 0.25) is 11.2 Å². The Labute approximate surface area is 178 Å². The molecule has 0 radical (unpaired) electrons. The van der Waals surface area contributed by atoms with Crippen LogP contribution in [0.15, 0.2) is 56.4 Å². The number of carbonyl (C=O) groups excluding carboxylic acids is 1. The summed E-state index contributed by atoms with van der Waals surface area (Å²) < 4.78 is 10.8. The maximum absolute atomic E-state index is 12.5. The third-order valence-electron chi connectivity index (χ3n) is 5.45. The van der Waals surface area contributed by atoms with Gasteiger partial charge in [-0.15, -0.1) is 0 Å². The molecule has 2 aromatic heterocycles. The van der Waals surface area contributed by atoms with Gasteiger partial charge in [0, 0.05) is 19.2 Å². The van der Waals surface area contributed by atoms with Crippen LogP contribution in [-0.2, 0) is 29.0 Å². The Bertz CT molecular complexity index is 1090. The molecule has 0 spiro atoms. The van der Waals surface area contributed by atoms with Crippen LogP contribution in [-0.4, -0.2) is 29.6 Å². The van der Waals surface area contributed by atoms with E-state index in [0.29, 0.717) is 12.3 Å². The number of methoxy groups -OCH3 is 1. The number of esters is 1. The molecule has 1 N–H and O–H groups in total. The van der Waals surface area contributed by atoms with E-state index in [4.69, 9.17) is 9.15 Å². The average Bonchev–Trinajstić information content (AvgIpc) is 3.29. The fraction of sp³-hybridized carbons (Fsp3) is 0.304. The molecule has 3 heterocycles. The number of hydrogen-bond acceptors (Lipinski definition) is 7. The van der Waals surface area contributed by atoms with Crippen molar-refractivity contribution >= 4 is 17.3 Å². The Morgan fingerprint density at radius 2 is 2.10 bits per heavy atom. The van der Waals surface area contributed by atoms with E-state index < -0.39 is 23.1 Å². The molecule has 7 heteroatoms. The lowest BCUT2D eigenvalue weighted by molar-refractivity contribution is -0.140. The van der Waals surface area contributed by atoms with Crippen LogP contribution in [0.25, 0.3) is 0 Å². The minimum absolute atomic E-state index is 0.0235. The Kier molecular flexibility index (Phi) is 6.01. The van der Waals surface area contributed by atoms with E-state index in [2.05, 4.69) is 17.0 Å². The quantitative estimate of drug-likeness (QED) is 0.607. The van der Waals surface area contributed by atoms with Gasteiger partial charge in [0.25, 0.3) is 0 Å². The lowest BCUT2D eigenvalue weighted by atomic mass is 9.94. The lowest BCUT2D eigenvalue weighted by Crippen LogP contribution is -2.30. The second-order valence-corrected chi connectivity index (χ2v) is 8.19. The van der Waals surface area contributed by atoms with Gasteiger partial charge in [-0.3, -0.25) is 14.5 Å². The van der Waals surface area contributed by atoms with Crippen LogP contribution in [0, 0.1) is 0 Å². The van der Waals surface area contributed by atoms with Crippen LogP contribution < -0.4 is 5.43 Å². The van der Waals surface area contributed by atoms with E-state index in [-0.39, 0.29) is 12.2 Å². The summed E-state index contributed by atoms with van der Waals surface area (Å²) in [5, 5.41) is 14.2. The van der Waals surface area contributed by atoms with E-state index in [1.54, 1.807) is 0 Å². The predicted octanol–water partition coefficient (Wildman–Crippen LogP) is 3.66. The first kappa shape index (κ1) is 20.4. The fourth-order valence-electron chi connectivity index (χ4n) is 3.86. The van der Waals surface area contributed by atoms with Crippen molar-refractivity contribution in [3.05, 3.63) is 85.6 Å². The van der Waals surface area contributed by atoms with Gasteiger partial charge < -0.3 is 14.3 Å². The van der Waals surface area contributed by atoms with Crippen LogP contribution in [0.1, 0.15) is 40.5 Å². The predicted molar refractivity (Wildman–Crippen MR) is 114 cm³/mol. The summed E-state index contributed by atoms with van der Waals surface area (Å²) in [7, 11) is 1.31. The fourth-order valence-corrected chi connectivity index (χ4v) is 4.58. The van der Waals surface area contributed by atoms with Crippen LogP contribution in [0.4, 0.5) is 0 Å². The molecule has 1 aliphatic rings. The van der Waals surface area contributed by atoms with Crippen molar-refractivity contribution in [1.82, 2.24) is 4.90 Å². The van der Waals surface area contributed by atoms with E-state index in [1.807, 2.05) is 29.0 Å². The maximum atomic E-state index is 12.5. The molecule has 0 aliphatic carbocycles. The second-order valence-electron chi connectivity index (χ2n) is 7.41. The summed E-state index contributed by atoms with van der Waals surface area (Å²) in [5.41, 5.74) is 2.91. The van der Waals surface area contributed by atoms with E-state index in [9.17, 15) is 14.7 Å². The molecule has 1 aliphatic heterocycles. The van der Waals surface area contributed by atoms with E-state index in [1.165, 1.54) is 35.6 Å². The highest BCUT2D eigenvalue weighted by Crippen LogP contribution is 2.34. The maximum Gasteiger partial charge on any atom is 0.306 e. The van der Waals surface area contributed by atoms with Crippen LogP contribution in [0.2, 0.25) is 0 Å². The lowest BCUT2D eigenvalue weighted by Gasteiger charge is -2.28. The van der Waals surface area contributed by atoms with Gasteiger partial charge in [-0.05, 0) is 39.9 Å². The van der Waals surface area contributed by atoms with Gasteiger partial charge in [0.05, 0.1) is 26.0 Å². The zero-order valence-electron chi connectivity index (χ0n) is 16.7. The van der Waals surface area contributed by atoms with Crippen molar-refractivity contribution in [2.45, 2.75) is 31.8 Å². The van der Waals surface area contributed by atoms with E-state index >= 15 is 0 Å². The summed E-state index contributed by atoms with van der Waals surface area (Å²) >= 11 is 1.47. The highest BCUT2D eigenvalue weighted by Gasteiger charge is 2.27. The molecule has 156 valence electrons. The van der Waals surface area contributed by atoms with Crippen LogP contribution in [0.5, 0.6) is 5.75 Å². The summed E-state index contributed by atoms with van der Waals surface area (Å²) in [5.74, 6) is -0.899. The van der Waals surface area contributed by atoms with Crippen molar-refractivity contribution in [2.75, 3.05) is 13.7 Å². The molecule has 4 rings (SSSR count). The third kappa shape index (κ3) is 4.32. The number of nitrogens with zero attached hydrogens (tertiary/aromatic N) is 1. The minimum Gasteiger partial charge on any atom is -0.502 e. The first-order chi connectivity index (χ1) is 14.5. The van der Waals surface area contributed by atoms with Gasteiger partial charge in [-0.25, -0.2) is 0 Å². The summed E-state index contributed by atoms with van der Waals surface area (Å²) in [6.45, 7) is 2.07. The zero-order chi connectivity index (χ0) is 21.1. The standard InChI is InChI=1S/C23H23NO5S/c1-28-21(26)11-19(17-7-9-30-14-17)23-22(27)20(25)10-18(29-23)13-24-8-6-15-4-2-3-5-16(15)12-24/h2-5,7,9-10,14,19,27H,6,8,11-13H2,1H3. The molecule has 3 aromatic rings. The zero-order valence-corrected chi connectivity index (χ0v) is 17.5. The molecule has 0 saturated carbocycles. The van der Waals surface area contributed by atoms with Crippen molar-refractivity contribution in [1.29, 1.82) is 0 Å². The molecule has 0 amide bonds. The molecule has 6 nitrogen and oxygen atoms in total. The molecule has 30 heavy (non-hydrogen) atoms. The third-order valence-corrected chi connectivity index (χ3v) is 6.15. The van der Waals surface area contributed by atoms with Gasteiger partial charge in [0.15, 0.2) is 5.76 Å². The van der Waals surface area contributed by atoms with Crippen molar-refractivity contribution < 1.29 is 19.1 Å². The molecule has 1 unspecified atom stereocenters. The molecule has 1 atom stereocenters. The highest BCUT2D eigenvalue weighted by molar-refractivity contribution is 7.08. The average molecular weight is 426 g/mol. The van der Waals surface area contributed by atoms with E-state index in [0.717, 1.165) is 25.1 Å². The van der Waals surface area contributed by atoms with Gasteiger partial charge in [-0.1, -0.05) is 24.3 Å². The molecular formula is C23H23NO5S. The number of rotatable bonds is 6. The van der Waals surface area contributed by atoms with Crippen LogP contribution >= 0.6 is 11.3 Å². The first-order valence-corrected chi connectivity index (χ1v) is 10.7. The topological polar surface area (TPSA) is 80.0 Å². The summed E-state index contributed by atoms with van der Waals surface area (Å²) in [6, 6.07) is 11.5. The SMILES string of the molecule is COC(=O)CC(c1ccsc1)c1oc(CN2CCc3ccccc3C2)cc(=O)c1O. The Morgan fingerprint density at radius 3 is 2.83 bits per heavy atom. The van der Waals surface area contributed by atoms with Crippen molar-refractivity contribution in [3.8, 4) is 5.75 Å². The van der Waals surface area contributed by atoms with Crippen molar-refractivity contribution in [3.63, 3.8) is 0 Å². The Hall–Kier alpha value is -2.90. The second kappa shape index (κ2) is 8.85.